The highest BCUT2D eigenvalue weighted by atomic mass is 35.5. The molecule has 2 heterocycles. The Morgan fingerprint density at radius 1 is 1.07 bits per heavy atom. The van der Waals surface area contributed by atoms with Crippen LogP contribution >= 0.6 is 11.6 Å². The van der Waals surface area contributed by atoms with Crippen molar-refractivity contribution in [3.63, 3.8) is 0 Å². The van der Waals surface area contributed by atoms with E-state index in [0.29, 0.717) is 24.5 Å². The second-order valence-corrected chi connectivity index (χ2v) is 7.06. The van der Waals surface area contributed by atoms with Crippen LogP contribution in [0.15, 0.2) is 42.5 Å². The summed E-state index contributed by atoms with van der Waals surface area (Å²) in [5.74, 6) is 0.734. The average molecular weight is 385 g/mol. The number of hydrogen-bond acceptors (Lipinski definition) is 4. The van der Waals surface area contributed by atoms with E-state index in [1.807, 2.05) is 54.4 Å². The van der Waals surface area contributed by atoms with Crippen LogP contribution in [0.2, 0.25) is 5.02 Å². The zero-order valence-corrected chi connectivity index (χ0v) is 16.1. The minimum Gasteiger partial charge on any atom is -0.481 e. The number of hydrogen-bond donors (Lipinski definition) is 0. The summed E-state index contributed by atoms with van der Waals surface area (Å²) < 4.78 is 7.05. The lowest BCUT2D eigenvalue weighted by Crippen LogP contribution is -2.48. The van der Waals surface area contributed by atoms with E-state index in [2.05, 4.69) is 10.00 Å². The number of aromatic nitrogens is 2. The molecular weight excluding hydrogens is 364 g/mol. The van der Waals surface area contributed by atoms with Crippen LogP contribution in [0.3, 0.4) is 0 Å². The maximum atomic E-state index is 12.9. The van der Waals surface area contributed by atoms with Gasteiger partial charge >= 0.3 is 0 Å². The maximum absolute atomic E-state index is 12.9. The van der Waals surface area contributed by atoms with Gasteiger partial charge in [0.1, 0.15) is 0 Å². The van der Waals surface area contributed by atoms with Gasteiger partial charge in [0.2, 0.25) is 5.88 Å². The Kier molecular flexibility index (Phi) is 4.66. The summed E-state index contributed by atoms with van der Waals surface area (Å²) in [4.78, 5) is 17.1. The van der Waals surface area contributed by atoms with Gasteiger partial charge in [-0.25, -0.2) is 4.68 Å². The van der Waals surface area contributed by atoms with E-state index >= 15 is 0 Å². The van der Waals surface area contributed by atoms with E-state index in [-0.39, 0.29) is 5.91 Å². The molecule has 0 N–H and O–H groups in total. The first-order valence-corrected chi connectivity index (χ1v) is 9.25. The quantitative estimate of drug-likeness (QED) is 0.695. The number of amides is 1. The Morgan fingerprint density at radius 3 is 2.44 bits per heavy atom. The van der Waals surface area contributed by atoms with Gasteiger partial charge in [0, 0.05) is 49.5 Å². The molecule has 0 aliphatic carbocycles. The number of anilines is 1. The molecule has 1 aliphatic heterocycles. The third-order valence-electron chi connectivity index (χ3n) is 4.98. The minimum atomic E-state index is 0.0391. The minimum absolute atomic E-state index is 0.0391. The number of piperazine rings is 1. The summed E-state index contributed by atoms with van der Waals surface area (Å²) in [5.41, 5.74) is 2.55. The van der Waals surface area contributed by atoms with Gasteiger partial charge in [0.25, 0.3) is 5.91 Å². The number of fused-ring (bicyclic) bond motifs is 1. The monoisotopic (exact) mass is 384 g/mol. The van der Waals surface area contributed by atoms with Crippen molar-refractivity contribution in [2.45, 2.75) is 0 Å². The largest absolute Gasteiger partial charge is 0.481 e. The fourth-order valence-electron chi connectivity index (χ4n) is 3.55. The van der Waals surface area contributed by atoms with Crippen LogP contribution in [0, 0.1) is 0 Å². The first-order chi connectivity index (χ1) is 13.1. The summed E-state index contributed by atoms with van der Waals surface area (Å²) in [6.45, 7) is 2.97. The van der Waals surface area contributed by atoms with E-state index in [1.54, 1.807) is 11.8 Å². The van der Waals surface area contributed by atoms with Gasteiger partial charge < -0.3 is 14.5 Å². The normalized spacial score (nSPS) is 14.6. The van der Waals surface area contributed by atoms with E-state index in [9.17, 15) is 4.79 Å². The van der Waals surface area contributed by atoms with Crippen LogP contribution in [-0.2, 0) is 7.05 Å². The lowest BCUT2D eigenvalue weighted by Gasteiger charge is -2.36. The van der Waals surface area contributed by atoms with Crippen LogP contribution in [0.25, 0.3) is 10.9 Å². The summed E-state index contributed by atoms with van der Waals surface area (Å²) in [7, 11) is 3.45. The molecular formula is C20H21ClN4O2. The summed E-state index contributed by atoms with van der Waals surface area (Å²) in [6, 6.07) is 13.4. The second kappa shape index (κ2) is 7.12. The van der Waals surface area contributed by atoms with E-state index < -0.39 is 0 Å². The highest BCUT2D eigenvalue weighted by molar-refractivity contribution is 6.30. The summed E-state index contributed by atoms with van der Waals surface area (Å²) >= 11 is 5.96. The van der Waals surface area contributed by atoms with Gasteiger partial charge in [-0.3, -0.25) is 4.79 Å². The number of aryl methyl sites for hydroxylation is 1. The van der Waals surface area contributed by atoms with Crippen molar-refractivity contribution in [1.82, 2.24) is 14.7 Å². The molecule has 140 valence electrons. The molecule has 0 atom stereocenters. The van der Waals surface area contributed by atoms with E-state index in [1.165, 1.54) is 0 Å². The molecule has 7 heteroatoms. The molecule has 0 saturated carbocycles. The molecule has 0 bridgehead atoms. The first-order valence-electron chi connectivity index (χ1n) is 8.87. The summed E-state index contributed by atoms with van der Waals surface area (Å²) in [5, 5.41) is 6.07. The van der Waals surface area contributed by atoms with Crippen molar-refractivity contribution >= 4 is 34.1 Å². The Bertz CT molecular complexity index is 976. The summed E-state index contributed by atoms with van der Waals surface area (Å²) in [6.07, 6.45) is 0. The van der Waals surface area contributed by atoms with Gasteiger partial charge in [-0.15, -0.1) is 0 Å². The SMILES string of the molecule is COc1c2ccc(C(=O)N3CCN(c4ccc(Cl)cc4)CC3)cc2nn1C. The zero-order chi connectivity index (χ0) is 19.0. The number of ether oxygens (including phenoxy) is 1. The average Bonchev–Trinajstić information content (AvgIpc) is 3.02. The highest BCUT2D eigenvalue weighted by Gasteiger charge is 2.23. The lowest BCUT2D eigenvalue weighted by atomic mass is 10.1. The number of halogens is 1. The number of nitrogens with zero attached hydrogens (tertiary/aromatic N) is 4. The highest BCUT2D eigenvalue weighted by Crippen LogP contribution is 2.26. The molecule has 2 aromatic carbocycles. The molecule has 1 aromatic heterocycles. The van der Waals surface area contributed by atoms with Crippen LogP contribution in [0.4, 0.5) is 5.69 Å². The molecule has 1 fully saturated rings. The van der Waals surface area contributed by atoms with Crippen LogP contribution in [0.1, 0.15) is 10.4 Å². The Hall–Kier alpha value is -2.73. The molecule has 0 radical (unpaired) electrons. The number of carbonyl (C=O) groups excluding carboxylic acids is 1. The topological polar surface area (TPSA) is 50.6 Å². The standard InChI is InChI=1S/C20H21ClN4O2/c1-23-20(27-2)17-8-3-14(13-18(17)22-23)19(26)25-11-9-24(10-12-25)16-6-4-15(21)5-7-16/h3-8,13H,9-12H2,1-2H3. The van der Waals surface area contributed by atoms with E-state index in [0.717, 1.165) is 34.7 Å². The first kappa shape index (κ1) is 17.7. The van der Waals surface area contributed by atoms with Crippen molar-refractivity contribution in [3.05, 3.63) is 53.1 Å². The van der Waals surface area contributed by atoms with Crippen molar-refractivity contribution in [3.8, 4) is 5.88 Å². The zero-order valence-electron chi connectivity index (χ0n) is 15.4. The smallest absolute Gasteiger partial charge is 0.254 e. The Morgan fingerprint density at radius 2 is 1.78 bits per heavy atom. The van der Waals surface area contributed by atoms with Crippen molar-refractivity contribution < 1.29 is 9.53 Å². The molecule has 6 nitrogen and oxygen atoms in total. The van der Waals surface area contributed by atoms with Gasteiger partial charge in [0.05, 0.1) is 18.0 Å². The number of rotatable bonds is 3. The van der Waals surface area contributed by atoms with Crippen molar-refractivity contribution in [1.29, 1.82) is 0 Å². The second-order valence-electron chi connectivity index (χ2n) is 6.62. The van der Waals surface area contributed by atoms with Gasteiger partial charge in [-0.05, 0) is 42.5 Å². The fraction of sp³-hybridized carbons (Fsp3) is 0.300. The predicted octanol–water partition coefficient (Wildman–Crippen LogP) is 3.20. The van der Waals surface area contributed by atoms with E-state index in [4.69, 9.17) is 16.3 Å². The molecule has 4 rings (SSSR count). The molecule has 0 spiro atoms. The molecule has 3 aromatic rings. The van der Waals surface area contributed by atoms with Gasteiger partial charge in [0.15, 0.2) is 0 Å². The predicted molar refractivity (Wildman–Crippen MR) is 107 cm³/mol. The number of carbonyl (C=O) groups is 1. The van der Waals surface area contributed by atoms with Crippen LogP contribution in [0.5, 0.6) is 5.88 Å². The third-order valence-corrected chi connectivity index (χ3v) is 5.23. The lowest BCUT2D eigenvalue weighted by molar-refractivity contribution is 0.0747. The molecule has 1 saturated heterocycles. The molecule has 1 aliphatic rings. The molecule has 27 heavy (non-hydrogen) atoms. The number of methoxy groups -OCH3 is 1. The maximum Gasteiger partial charge on any atom is 0.254 e. The van der Waals surface area contributed by atoms with Gasteiger partial charge in [-0.2, -0.15) is 5.10 Å². The van der Waals surface area contributed by atoms with Crippen LogP contribution < -0.4 is 9.64 Å². The molecule has 0 unspecified atom stereocenters. The Balaban J connectivity index is 1.47. The van der Waals surface area contributed by atoms with Crippen molar-refractivity contribution in [2.75, 3.05) is 38.2 Å². The number of benzene rings is 2. The third kappa shape index (κ3) is 3.32. The Labute approximate surface area is 162 Å². The van der Waals surface area contributed by atoms with Gasteiger partial charge in [-0.1, -0.05) is 11.6 Å². The fourth-order valence-corrected chi connectivity index (χ4v) is 3.68. The molecule has 1 amide bonds. The van der Waals surface area contributed by atoms with Crippen molar-refractivity contribution in [2.24, 2.45) is 7.05 Å². The van der Waals surface area contributed by atoms with Crippen LogP contribution in [-0.4, -0.2) is 53.9 Å².